The van der Waals surface area contributed by atoms with Gasteiger partial charge in [0.15, 0.2) is 0 Å². The number of rotatable bonds is 2. The normalized spacial score (nSPS) is 23.3. The summed E-state index contributed by atoms with van der Waals surface area (Å²) in [5.74, 6) is -0.108. The molecule has 0 spiro atoms. The summed E-state index contributed by atoms with van der Waals surface area (Å²) in [6, 6.07) is 5.18. The monoisotopic (exact) mass is 299 g/mol. The van der Waals surface area contributed by atoms with Gasteiger partial charge in [-0.25, -0.2) is 0 Å². The third-order valence-electron chi connectivity index (χ3n) is 3.13. The second kappa shape index (κ2) is 5.53. The summed E-state index contributed by atoms with van der Waals surface area (Å²) < 4.78 is 0. The maximum absolute atomic E-state index is 11.9. The van der Waals surface area contributed by atoms with Crippen LogP contribution in [-0.4, -0.2) is 34.6 Å². The van der Waals surface area contributed by atoms with Crippen molar-refractivity contribution in [3.8, 4) is 0 Å². The highest BCUT2D eigenvalue weighted by Gasteiger charge is 2.32. The third-order valence-corrected chi connectivity index (χ3v) is 3.86. The molecule has 19 heavy (non-hydrogen) atoms. The van der Waals surface area contributed by atoms with E-state index in [0.29, 0.717) is 29.6 Å². The van der Waals surface area contributed by atoms with Gasteiger partial charge in [-0.3, -0.25) is 4.79 Å². The lowest BCUT2D eigenvalue weighted by Gasteiger charge is -2.17. The van der Waals surface area contributed by atoms with Gasteiger partial charge in [0.1, 0.15) is 0 Å². The van der Waals surface area contributed by atoms with E-state index in [2.05, 4.69) is 0 Å². The summed E-state index contributed by atoms with van der Waals surface area (Å²) in [7, 11) is 0. The zero-order chi connectivity index (χ0) is 14.0. The molecule has 1 N–H and O–H groups in total. The van der Waals surface area contributed by atoms with Gasteiger partial charge < -0.3 is 10.0 Å². The molecule has 1 heterocycles. The first-order valence-corrected chi connectivity index (χ1v) is 6.77. The van der Waals surface area contributed by atoms with E-state index in [0.717, 1.165) is 5.56 Å². The fourth-order valence-electron chi connectivity index (χ4n) is 2.02. The molecule has 0 aliphatic carbocycles. The number of hydrogen-bond donors (Lipinski definition) is 1. The molecule has 1 aliphatic heterocycles. The molecule has 1 atom stereocenters. The van der Waals surface area contributed by atoms with Crippen molar-refractivity contribution in [2.24, 2.45) is 0 Å². The van der Waals surface area contributed by atoms with Crippen LogP contribution < -0.4 is 0 Å². The Labute approximate surface area is 122 Å². The van der Waals surface area contributed by atoms with Crippen molar-refractivity contribution in [1.82, 2.24) is 4.90 Å². The minimum Gasteiger partial charge on any atom is -0.388 e. The van der Waals surface area contributed by atoms with E-state index in [4.69, 9.17) is 23.2 Å². The highest BCUT2D eigenvalue weighted by molar-refractivity contribution is 6.42. The molecule has 1 amide bonds. The molecule has 1 aliphatic rings. The summed E-state index contributed by atoms with van der Waals surface area (Å²) in [4.78, 5) is 13.6. The minimum atomic E-state index is -0.771. The molecule has 5 heteroatoms. The second-order valence-corrected chi connectivity index (χ2v) is 5.83. The van der Waals surface area contributed by atoms with Crippen molar-refractivity contribution in [3.05, 3.63) is 39.9 Å². The van der Waals surface area contributed by atoms with E-state index < -0.39 is 5.60 Å². The Bertz CT molecular complexity index is 526. The fraction of sp³-hybridized carbons (Fsp3) is 0.357. The Morgan fingerprint density at radius 3 is 2.74 bits per heavy atom. The molecule has 1 aromatic rings. The van der Waals surface area contributed by atoms with Crippen molar-refractivity contribution in [1.29, 1.82) is 0 Å². The van der Waals surface area contributed by atoms with Gasteiger partial charge in [-0.05, 0) is 37.1 Å². The van der Waals surface area contributed by atoms with Crippen LogP contribution in [0.15, 0.2) is 24.3 Å². The van der Waals surface area contributed by atoms with Crippen LogP contribution in [0.3, 0.4) is 0 Å². The number of benzene rings is 1. The first-order chi connectivity index (χ1) is 8.87. The Morgan fingerprint density at radius 1 is 1.42 bits per heavy atom. The predicted molar refractivity (Wildman–Crippen MR) is 77.3 cm³/mol. The van der Waals surface area contributed by atoms with Crippen molar-refractivity contribution in [2.45, 2.75) is 18.9 Å². The molecule has 0 bridgehead atoms. The summed E-state index contributed by atoms with van der Waals surface area (Å²) in [6.45, 7) is 2.69. The highest BCUT2D eigenvalue weighted by Crippen LogP contribution is 2.24. The maximum Gasteiger partial charge on any atom is 0.246 e. The molecule has 0 radical (unpaired) electrons. The average Bonchev–Trinajstić information content (AvgIpc) is 2.71. The summed E-state index contributed by atoms with van der Waals surface area (Å²) in [5, 5.41) is 10.8. The molecule has 1 fully saturated rings. The summed E-state index contributed by atoms with van der Waals surface area (Å²) >= 11 is 11.7. The standard InChI is InChI=1S/C14H15Cl2NO2/c1-14(19)6-7-17(9-14)13(18)5-3-10-2-4-11(15)12(16)8-10/h2-5,8,19H,6-7,9H2,1H3/b5-3+. The van der Waals surface area contributed by atoms with E-state index in [-0.39, 0.29) is 5.91 Å². The van der Waals surface area contributed by atoms with E-state index in [1.165, 1.54) is 6.08 Å². The molecule has 2 rings (SSSR count). The Hall–Kier alpha value is -1.03. The molecular formula is C14H15Cl2NO2. The average molecular weight is 300 g/mol. The Morgan fingerprint density at radius 2 is 2.16 bits per heavy atom. The van der Waals surface area contributed by atoms with Gasteiger partial charge in [-0.15, -0.1) is 0 Å². The van der Waals surface area contributed by atoms with Gasteiger partial charge in [0.05, 0.1) is 15.6 Å². The van der Waals surface area contributed by atoms with Gasteiger partial charge in [0.2, 0.25) is 5.91 Å². The largest absolute Gasteiger partial charge is 0.388 e. The molecule has 1 unspecified atom stereocenters. The van der Waals surface area contributed by atoms with Crippen molar-refractivity contribution >= 4 is 35.2 Å². The number of β-amino-alcohol motifs (C(OH)–C–C–N with tert-alkyl or cyclic N) is 1. The highest BCUT2D eigenvalue weighted by atomic mass is 35.5. The predicted octanol–water partition coefficient (Wildman–Crippen LogP) is 2.99. The van der Waals surface area contributed by atoms with Crippen LogP contribution >= 0.6 is 23.2 Å². The smallest absolute Gasteiger partial charge is 0.246 e. The van der Waals surface area contributed by atoms with Crippen molar-refractivity contribution in [2.75, 3.05) is 13.1 Å². The van der Waals surface area contributed by atoms with Gasteiger partial charge >= 0.3 is 0 Å². The van der Waals surface area contributed by atoms with Gasteiger partial charge in [0.25, 0.3) is 0 Å². The fourth-order valence-corrected chi connectivity index (χ4v) is 2.33. The number of hydrogen-bond acceptors (Lipinski definition) is 2. The zero-order valence-electron chi connectivity index (χ0n) is 10.6. The summed E-state index contributed by atoms with van der Waals surface area (Å²) in [6.07, 6.45) is 3.79. The zero-order valence-corrected chi connectivity index (χ0v) is 12.1. The lowest BCUT2D eigenvalue weighted by molar-refractivity contribution is -0.125. The van der Waals surface area contributed by atoms with E-state index in [1.54, 1.807) is 36.1 Å². The number of carbonyl (C=O) groups is 1. The van der Waals surface area contributed by atoms with Gasteiger partial charge in [-0.1, -0.05) is 29.3 Å². The van der Waals surface area contributed by atoms with Crippen LogP contribution in [0.5, 0.6) is 0 Å². The minimum absolute atomic E-state index is 0.108. The molecule has 1 aromatic carbocycles. The van der Waals surface area contributed by atoms with Gasteiger partial charge in [0, 0.05) is 19.2 Å². The topological polar surface area (TPSA) is 40.5 Å². The van der Waals surface area contributed by atoms with Crippen LogP contribution in [0.2, 0.25) is 10.0 Å². The first-order valence-electron chi connectivity index (χ1n) is 6.02. The molecule has 0 aromatic heterocycles. The Balaban J connectivity index is 2.02. The molecule has 0 saturated carbocycles. The lowest BCUT2D eigenvalue weighted by Crippen LogP contribution is -2.32. The first kappa shape index (κ1) is 14.4. The van der Waals surface area contributed by atoms with E-state index in [9.17, 15) is 9.90 Å². The van der Waals surface area contributed by atoms with Crippen LogP contribution in [0.1, 0.15) is 18.9 Å². The van der Waals surface area contributed by atoms with E-state index in [1.807, 2.05) is 0 Å². The third kappa shape index (κ3) is 3.72. The second-order valence-electron chi connectivity index (χ2n) is 5.01. The molecule has 102 valence electrons. The molecular weight excluding hydrogens is 285 g/mol. The van der Waals surface area contributed by atoms with Crippen LogP contribution in [0.25, 0.3) is 6.08 Å². The number of aliphatic hydroxyl groups is 1. The van der Waals surface area contributed by atoms with E-state index >= 15 is 0 Å². The Kier molecular flexibility index (Phi) is 4.19. The van der Waals surface area contributed by atoms with Crippen LogP contribution in [0.4, 0.5) is 0 Å². The lowest BCUT2D eigenvalue weighted by atomic mass is 10.1. The summed E-state index contributed by atoms with van der Waals surface area (Å²) in [5.41, 5.74) is 0.0429. The molecule has 3 nitrogen and oxygen atoms in total. The number of likely N-dealkylation sites (tertiary alicyclic amines) is 1. The SMILES string of the molecule is CC1(O)CCN(C(=O)/C=C/c2ccc(Cl)c(Cl)c2)C1. The number of nitrogens with zero attached hydrogens (tertiary/aromatic N) is 1. The van der Waals surface area contributed by atoms with Gasteiger partial charge in [-0.2, -0.15) is 0 Å². The van der Waals surface area contributed by atoms with Crippen LogP contribution in [0, 0.1) is 0 Å². The number of carbonyl (C=O) groups excluding carboxylic acids is 1. The van der Waals surface area contributed by atoms with Crippen molar-refractivity contribution < 1.29 is 9.90 Å². The quantitative estimate of drug-likeness (QED) is 0.853. The molecule has 1 saturated heterocycles. The number of halogens is 2. The number of amides is 1. The van der Waals surface area contributed by atoms with Crippen molar-refractivity contribution in [3.63, 3.8) is 0 Å². The van der Waals surface area contributed by atoms with Crippen LogP contribution in [-0.2, 0) is 4.79 Å². The maximum atomic E-state index is 11.9.